The molecule has 4 heteroatoms. The second-order valence-corrected chi connectivity index (χ2v) is 7.62. The first-order valence-electron chi connectivity index (χ1n) is 9.15. The van der Waals surface area contributed by atoms with E-state index >= 15 is 0 Å². The van der Waals surface area contributed by atoms with Gasteiger partial charge in [-0.15, -0.1) is 0 Å². The summed E-state index contributed by atoms with van der Waals surface area (Å²) in [6.45, 7) is 0.746. The van der Waals surface area contributed by atoms with Crippen molar-refractivity contribution in [3.8, 4) is 0 Å². The summed E-state index contributed by atoms with van der Waals surface area (Å²) < 4.78 is 0. The molecule has 1 amide bonds. The largest absolute Gasteiger partial charge is 0.329 e. The van der Waals surface area contributed by atoms with Gasteiger partial charge in [-0.25, -0.2) is 4.99 Å². The van der Waals surface area contributed by atoms with Crippen LogP contribution in [0.15, 0.2) is 58.7 Å². The summed E-state index contributed by atoms with van der Waals surface area (Å²) in [5, 5.41) is 0. The molecule has 2 aliphatic carbocycles. The maximum atomic E-state index is 13.1. The van der Waals surface area contributed by atoms with E-state index in [1.165, 1.54) is 12.8 Å². The van der Waals surface area contributed by atoms with Crippen LogP contribution in [0.3, 0.4) is 0 Å². The minimum Gasteiger partial charge on any atom is -0.329 e. The average molecular weight is 331 g/mol. The molecule has 1 aromatic rings. The predicted molar refractivity (Wildman–Crippen MR) is 98.3 cm³/mol. The van der Waals surface area contributed by atoms with Gasteiger partial charge < -0.3 is 4.90 Å². The first-order chi connectivity index (χ1) is 12.2. The molecule has 4 nitrogen and oxygen atoms in total. The van der Waals surface area contributed by atoms with Crippen molar-refractivity contribution in [3.63, 3.8) is 0 Å². The first-order valence-corrected chi connectivity index (χ1v) is 9.15. The second kappa shape index (κ2) is 5.51. The normalized spacial score (nSPS) is 30.9. The molecule has 0 radical (unpaired) electrons. The number of hydrogen-bond acceptors (Lipinski definition) is 2. The van der Waals surface area contributed by atoms with Crippen molar-refractivity contribution in [2.24, 2.45) is 21.3 Å². The molecule has 5 rings (SSSR count). The number of amides is 1. The third-order valence-corrected chi connectivity index (χ3v) is 6.14. The van der Waals surface area contributed by atoms with Crippen molar-refractivity contribution in [1.29, 1.82) is 0 Å². The molecule has 0 saturated heterocycles. The van der Waals surface area contributed by atoms with Crippen LogP contribution in [0.1, 0.15) is 43.2 Å². The number of aliphatic imine (C=N–C) groups is 2. The van der Waals surface area contributed by atoms with Crippen molar-refractivity contribution in [3.05, 3.63) is 59.8 Å². The van der Waals surface area contributed by atoms with Gasteiger partial charge in [0.15, 0.2) is 5.84 Å². The molecule has 25 heavy (non-hydrogen) atoms. The van der Waals surface area contributed by atoms with E-state index in [0.29, 0.717) is 5.84 Å². The molecule has 2 saturated carbocycles. The van der Waals surface area contributed by atoms with Gasteiger partial charge in [-0.1, -0.05) is 30.3 Å². The van der Waals surface area contributed by atoms with Crippen LogP contribution in [0.5, 0.6) is 0 Å². The fourth-order valence-corrected chi connectivity index (χ4v) is 4.72. The Bertz CT molecular complexity index is 854. The summed E-state index contributed by atoms with van der Waals surface area (Å²) >= 11 is 0. The minimum atomic E-state index is -0.207. The molecule has 1 aromatic carbocycles. The summed E-state index contributed by atoms with van der Waals surface area (Å²) in [5.41, 5.74) is 1.92. The molecule has 0 aromatic heterocycles. The first kappa shape index (κ1) is 14.8. The molecule has 4 aliphatic rings. The summed E-state index contributed by atoms with van der Waals surface area (Å²) in [5.74, 6) is 2.20. The van der Waals surface area contributed by atoms with E-state index < -0.39 is 0 Å². The Hall–Kier alpha value is -2.49. The van der Waals surface area contributed by atoms with Crippen LogP contribution in [-0.2, 0) is 11.3 Å². The van der Waals surface area contributed by atoms with Crippen LogP contribution in [0.4, 0.5) is 0 Å². The monoisotopic (exact) mass is 331 g/mol. The topological polar surface area (TPSA) is 45.0 Å². The fraction of sp³-hybridized carbons (Fsp3) is 0.381. The third-order valence-electron chi connectivity index (χ3n) is 6.14. The number of carbonyl (C=O) groups is 1. The smallest absolute Gasteiger partial charge is 0.253 e. The Balaban J connectivity index is 1.59. The van der Waals surface area contributed by atoms with Gasteiger partial charge in [0.25, 0.3) is 5.91 Å². The Labute approximate surface area is 147 Å². The summed E-state index contributed by atoms with van der Waals surface area (Å²) in [4.78, 5) is 24.5. The molecule has 2 aliphatic heterocycles. The number of amidine groups is 2. The van der Waals surface area contributed by atoms with E-state index in [9.17, 15) is 4.79 Å². The molecular weight excluding hydrogens is 310 g/mol. The van der Waals surface area contributed by atoms with E-state index in [4.69, 9.17) is 4.99 Å². The zero-order chi connectivity index (χ0) is 16.9. The molecular formula is C21H21N3O. The van der Waals surface area contributed by atoms with E-state index in [1.807, 2.05) is 42.6 Å². The highest BCUT2D eigenvalue weighted by molar-refractivity contribution is 6.14. The van der Waals surface area contributed by atoms with Gasteiger partial charge in [0.1, 0.15) is 5.84 Å². The van der Waals surface area contributed by atoms with Crippen molar-refractivity contribution in [1.82, 2.24) is 4.90 Å². The van der Waals surface area contributed by atoms with Crippen LogP contribution >= 0.6 is 0 Å². The van der Waals surface area contributed by atoms with E-state index in [-0.39, 0.29) is 11.3 Å². The number of allylic oxidation sites excluding steroid dienone is 2. The highest BCUT2D eigenvalue weighted by Gasteiger charge is 2.50. The number of carbonyl (C=O) groups excluding carboxylic acids is 1. The highest BCUT2D eigenvalue weighted by Crippen LogP contribution is 2.54. The van der Waals surface area contributed by atoms with Gasteiger partial charge in [-0.05, 0) is 55.7 Å². The number of benzene rings is 1. The number of hydrogen-bond donors (Lipinski definition) is 0. The number of rotatable bonds is 1. The fourth-order valence-electron chi connectivity index (χ4n) is 4.72. The lowest BCUT2D eigenvalue weighted by atomic mass is 9.83. The van der Waals surface area contributed by atoms with Crippen molar-refractivity contribution < 1.29 is 4.79 Å². The predicted octanol–water partition coefficient (Wildman–Crippen LogP) is 3.84. The molecule has 126 valence electrons. The maximum absolute atomic E-state index is 13.1. The Morgan fingerprint density at radius 3 is 2.84 bits per heavy atom. The quantitative estimate of drug-likeness (QED) is 0.785. The lowest BCUT2D eigenvalue weighted by molar-refractivity contribution is -0.126. The van der Waals surface area contributed by atoms with Crippen LogP contribution in [-0.4, -0.2) is 22.5 Å². The van der Waals surface area contributed by atoms with Crippen LogP contribution < -0.4 is 0 Å². The van der Waals surface area contributed by atoms with Crippen LogP contribution in [0, 0.1) is 11.3 Å². The van der Waals surface area contributed by atoms with Gasteiger partial charge in [0.05, 0.1) is 5.41 Å². The summed E-state index contributed by atoms with van der Waals surface area (Å²) in [7, 11) is 0. The zero-order valence-corrected chi connectivity index (χ0v) is 14.2. The SMILES string of the molecule is O=C(N=C1N=C2C=CC=CN2Cc2ccccc21)C12CCC(CC1)C2. The van der Waals surface area contributed by atoms with Gasteiger partial charge >= 0.3 is 0 Å². The van der Waals surface area contributed by atoms with Gasteiger partial charge in [0, 0.05) is 18.3 Å². The molecule has 0 spiro atoms. The Kier molecular flexibility index (Phi) is 3.27. The Morgan fingerprint density at radius 2 is 2.04 bits per heavy atom. The zero-order valence-electron chi connectivity index (χ0n) is 14.2. The lowest BCUT2D eigenvalue weighted by Crippen LogP contribution is -2.26. The molecule has 2 heterocycles. The molecule has 2 fully saturated rings. The highest BCUT2D eigenvalue weighted by atomic mass is 16.1. The minimum absolute atomic E-state index is 0.0467. The van der Waals surface area contributed by atoms with Gasteiger partial charge in [0.2, 0.25) is 0 Å². The van der Waals surface area contributed by atoms with Gasteiger partial charge in [-0.3, -0.25) is 4.79 Å². The summed E-state index contributed by atoms with van der Waals surface area (Å²) in [6, 6.07) is 8.15. The molecule has 0 unspecified atom stereocenters. The standard InChI is InChI=1S/C21H21N3O/c25-20(21-10-8-15(13-21)9-11-21)23-19-17-6-2-1-5-16(17)14-24-12-4-3-7-18(24)22-19/h1-7,12,15H,8-11,13-14H2. The van der Waals surface area contributed by atoms with Crippen molar-refractivity contribution in [2.45, 2.75) is 38.6 Å². The molecule has 0 atom stereocenters. The van der Waals surface area contributed by atoms with Gasteiger partial charge in [-0.2, -0.15) is 4.99 Å². The third kappa shape index (κ3) is 2.39. The van der Waals surface area contributed by atoms with Crippen molar-refractivity contribution >= 4 is 17.6 Å². The lowest BCUT2D eigenvalue weighted by Gasteiger charge is -2.22. The van der Waals surface area contributed by atoms with Crippen molar-refractivity contribution in [2.75, 3.05) is 0 Å². The Morgan fingerprint density at radius 1 is 1.20 bits per heavy atom. The average Bonchev–Trinajstić information content (AvgIpc) is 3.21. The van der Waals surface area contributed by atoms with E-state index in [0.717, 1.165) is 48.7 Å². The van der Waals surface area contributed by atoms with Crippen LogP contribution in [0.2, 0.25) is 0 Å². The number of nitrogens with zero attached hydrogens (tertiary/aromatic N) is 3. The molecule has 2 bridgehead atoms. The van der Waals surface area contributed by atoms with Crippen LogP contribution in [0.25, 0.3) is 0 Å². The maximum Gasteiger partial charge on any atom is 0.253 e. The second-order valence-electron chi connectivity index (χ2n) is 7.62. The summed E-state index contributed by atoms with van der Waals surface area (Å²) in [6.07, 6.45) is 13.4. The molecule has 0 N–H and O–H groups in total. The van der Waals surface area contributed by atoms with E-state index in [1.54, 1.807) is 0 Å². The number of fused-ring (bicyclic) bond motifs is 4. The van der Waals surface area contributed by atoms with E-state index in [2.05, 4.69) is 16.0 Å².